The summed E-state index contributed by atoms with van der Waals surface area (Å²) in [5, 5.41) is 0. The summed E-state index contributed by atoms with van der Waals surface area (Å²) in [6, 6.07) is 4.14. The van der Waals surface area contributed by atoms with Crippen LogP contribution in [0.25, 0.3) is 10.7 Å². The molecule has 20 heavy (non-hydrogen) atoms. The minimum absolute atomic E-state index is 0.111. The van der Waals surface area contributed by atoms with Crippen molar-refractivity contribution < 1.29 is 0 Å². The van der Waals surface area contributed by atoms with Crippen molar-refractivity contribution in [3.8, 4) is 10.7 Å². The minimum atomic E-state index is -0.121. The molecule has 0 saturated heterocycles. The number of nitrogens with one attached hydrogen (secondary N) is 1. The van der Waals surface area contributed by atoms with Crippen molar-refractivity contribution in [3.63, 3.8) is 0 Å². The van der Waals surface area contributed by atoms with Crippen molar-refractivity contribution in [2.24, 2.45) is 0 Å². The molecular weight excluding hydrogens is 336 g/mol. The van der Waals surface area contributed by atoms with Gasteiger partial charge in [0.25, 0.3) is 5.56 Å². The molecule has 1 N–H and O–H groups in total. The molecule has 2 heterocycles. The molecule has 0 aliphatic rings. The van der Waals surface area contributed by atoms with Crippen LogP contribution in [0.1, 0.15) is 51.1 Å². The summed E-state index contributed by atoms with van der Waals surface area (Å²) in [7, 11) is 0. The summed E-state index contributed by atoms with van der Waals surface area (Å²) in [4.78, 5) is 21.7. The maximum absolute atomic E-state index is 12.0. The zero-order valence-corrected chi connectivity index (χ0v) is 14.8. The van der Waals surface area contributed by atoms with E-state index in [1.54, 1.807) is 11.3 Å². The van der Waals surface area contributed by atoms with Gasteiger partial charge in [-0.2, -0.15) is 0 Å². The van der Waals surface area contributed by atoms with E-state index in [1.165, 1.54) is 4.88 Å². The number of halogens is 1. The molecule has 2 aromatic rings. The lowest BCUT2D eigenvalue weighted by molar-refractivity contribution is 0.604. The third-order valence-corrected chi connectivity index (χ3v) is 5.30. The summed E-state index contributed by atoms with van der Waals surface area (Å²) in [5.41, 5.74) is 0.790. The lowest BCUT2D eigenvalue weighted by Crippen LogP contribution is -2.14. The summed E-state index contributed by atoms with van der Waals surface area (Å²) in [6.45, 7) is 10.6. The molecule has 0 fully saturated rings. The number of hydrogen-bond acceptors (Lipinski definition) is 3. The van der Waals surface area contributed by atoms with Crippen LogP contribution in [0.15, 0.2) is 21.4 Å². The number of rotatable bonds is 2. The van der Waals surface area contributed by atoms with Gasteiger partial charge in [0.15, 0.2) is 5.82 Å². The van der Waals surface area contributed by atoms with E-state index in [1.807, 2.05) is 19.9 Å². The highest BCUT2D eigenvalue weighted by Gasteiger charge is 2.19. The molecule has 0 amide bonds. The largest absolute Gasteiger partial charge is 0.305 e. The Kier molecular flexibility index (Phi) is 4.21. The van der Waals surface area contributed by atoms with Gasteiger partial charge in [-0.15, -0.1) is 11.3 Å². The molecule has 0 aromatic carbocycles. The first-order valence-corrected chi connectivity index (χ1v) is 8.21. The van der Waals surface area contributed by atoms with Crippen molar-refractivity contribution in [1.29, 1.82) is 0 Å². The van der Waals surface area contributed by atoms with Crippen LogP contribution in [-0.2, 0) is 5.41 Å². The molecule has 0 atom stereocenters. The van der Waals surface area contributed by atoms with Gasteiger partial charge in [0.1, 0.15) is 4.47 Å². The number of aromatic amines is 1. The third kappa shape index (κ3) is 3.04. The van der Waals surface area contributed by atoms with Gasteiger partial charge in [-0.1, -0.05) is 34.6 Å². The maximum atomic E-state index is 12.0. The van der Waals surface area contributed by atoms with Gasteiger partial charge in [-0.3, -0.25) is 4.79 Å². The van der Waals surface area contributed by atoms with Crippen molar-refractivity contribution >= 4 is 27.3 Å². The number of H-pyrrole nitrogens is 1. The highest BCUT2D eigenvalue weighted by molar-refractivity contribution is 9.10. The van der Waals surface area contributed by atoms with Gasteiger partial charge < -0.3 is 4.98 Å². The van der Waals surface area contributed by atoms with Gasteiger partial charge >= 0.3 is 0 Å². The molecule has 5 heteroatoms. The van der Waals surface area contributed by atoms with Gasteiger partial charge in [0, 0.05) is 4.88 Å². The second kappa shape index (κ2) is 5.45. The second-order valence-corrected chi connectivity index (χ2v) is 8.06. The maximum Gasteiger partial charge on any atom is 0.265 e. The molecule has 3 nitrogen and oxygen atoms in total. The molecule has 2 aromatic heterocycles. The van der Waals surface area contributed by atoms with Crippen molar-refractivity contribution in [2.45, 2.75) is 46.0 Å². The lowest BCUT2D eigenvalue weighted by Gasteiger charge is -2.15. The topological polar surface area (TPSA) is 45.8 Å². The molecule has 0 radical (unpaired) electrons. The quantitative estimate of drug-likeness (QED) is 0.850. The first kappa shape index (κ1) is 15.4. The Hall–Kier alpha value is -0.940. The van der Waals surface area contributed by atoms with Gasteiger partial charge in [0.05, 0.1) is 10.6 Å². The molecule has 0 saturated carbocycles. The second-order valence-electron chi connectivity index (χ2n) is 6.18. The van der Waals surface area contributed by atoms with Crippen molar-refractivity contribution in [1.82, 2.24) is 9.97 Å². The molecule has 108 valence electrons. The van der Waals surface area contributed by atoms with E-state index in [0.29, 0.717) is 10.3 Å². The first-order chi connectivity index (χ1) is 9.20. The van der Waals surface area contributed by atoms with Crippen LogP contribution in [0.3, 0.4) is 0 Å². The fourth-order valence-electron chi connectivity index (χ4n) is 1.84. The van der Waals surface area contributed by atoms with E-state index < -0.39 is 0 Å². The Labute approximate surface area is 131 Å². The molecular formula is C15H19BrN2OS. The van der Waals surface area contributed by atoms with Crippen LogP contribution in [-0.4, -0.2) is 9.97 Å². The summed E-state index contributed by atoms with van der Waals surface area (Å²) in [6.07, 6.45) is 0. The molecule has 0 aliphatic heterocycles. The summed E-state index contributed by atoms with van der Waals surface area (Å²) >= 11 is 5.00. The Morgan fingerprint density at radius 2 is 1.95 bits per heavy atom. The van der Waals surface area contributed by atoms with E-state index in [4.69, 9.17) is 0 Å². The average molecular weight is 355 g/mol. The molecule has 0 spiro atoms. The smallest absolute Gasteiger partial charge is 0.265 e. The Balaban J connectivity index is 2.54. The highest BCUT2D eigenvalue weighted by Crippen LogP contribution is 2.34. The number of aromatic nitrogens is 2. The Bertz CT molecular complexity index is 680. The van der Waals surface area contributed by atoms with E-state index >= 15 is 0 Å². The van der Waals surface area contributed by atoms with E-state index in [-0.39, 0.29) is 16.9 Å². The SMILES string of the molecule is CC(C)c1nc(-c2ccc(C(C)(C)C)s2)[nH]c(=O)c1Br. The Morgan fingerprint density at radius 3 is 2.45 bits per heavy atom. The number of thiophene rings is 1. The van der Waals surface area contributed by atoms with Crippen LogP contribution >= 0.6 is 27.3 Å². The molecule has 0 bridgehead atoms. The monoisotopic (exact) mass is 354 g/mol. The van der Waals surface area contributed by atoms with Gasteiger partial charge in [0.2, 0.25) is 0 Å². The van der Waals surface area contributed by atoms with Crippen LogP contribution < -0.4 is 5.56 Å². The van der Waals surface area contributed by atoms with Crippen LogP contribution in [0, 0.1) is 0 Å². The van der Waals surface area contributed by atoms with Crippen LogP contribution in [0.2, 0.25) is 0 Å². The zero-order chi connectivity index (χ0) is 15.1. The van der Waals surface area contributed by atoms with E-state index in [9.17, 15) is 4.79 Å². The van der Waals surface area contributed by atoms with Crippen LogP contribution in [0.4, 0.5) is 0 Å². The van der Waals surface area contributed by atoms with Gasteiger partial charge in [-0.25, -0.2) is 4.98 Å². The summed E-state index contributed by atoms with van der Waals surface area (Å²) in [5.74, 6) is 0.856. The minimum Gasteiger partial charge on any atom is -0.305 e. The predicted octanol–water partition coefficient (Wildman–Crippen LogP) is 4.68. The number of nitrogens with zero attached hydrogens (tertiary/aromatic N) is 1. The lowest BCUT2D eigenvalue weighted by atomic mass is 9.95. The van der Waals surface area contributed by atoms with Crippen molar-refractivity contribution in [3.05, 3.63) is 37.5 Å². The van der Waals surface area contributed by atoms with Crippen molar-refractivity contribution in [2.75, 3.05) is 0 Å². The average Bonchev–Trinajstić information content (AvgIpc) is 2.81. The normalized spacial score (nSPS) is 12.2. The van der Waals surface area contributed by atoms with E-state index in [2.05, 4.69) is 52.7 Å². The standard InChI is InChI=1S/C15H19BrN2OS/c1-8(2)12-11(16)14(19)18-13(17-12)9-6-7-10(20-9)15(3,4)5/h6-8H,1-5H3,(H,17,18,19). The molecule has 2 rings (SSSR count). The fraction of sp³-hybridized carbons (Fsp3) is 0.467. The van der Waals surface area contributed by atoms with Gasteiger partial charge in [-0.05, 0) is 39.4 Å². The predicted molar refractivity (Wildman–Crippen MR) is 88.7 cm³/mol. The number of hydrogen-bond donors (Lipinski definition) is 1. The summed E-state index contributed by atoms with van der Waals surface area (Å²) < 4.78 is 0.531. The highest BCUT2D eigenvalue weighted by atomic mass is 79.9. The molecule has 0 unspecified atom stereocenters. The Morgan fingerprint density at radius 1 is 1.30 bits per heavy atom. The van der Waals surface area contributed by atoms with E-state index in [0.717, 1.165) is 10.6 Å². The third-order valence-electron chi connectivity index (χ3n) is 3.01. The fourth-order valence-corrected chi connectivity index (χ4v) is 3.50. The zero-order valence-electron chi connectivity index (χ0n) is 12.4. The molecule has 0 aliphatic carbocycles. The van der Waals surface area contributed by atoms with Crippen LogP contribution in [0.5, 0.6) is 0 Å². The first-order valence-electron chi connectivity index (χ1n) is 6.60.